The van der Waals surface area contributed by atoms with Gasteiger partial charge in [0.15, 0.2) is 0 Å². The van der Waals surface area contributed by atoms with E-state index in [9.17, 15) is 0 Å². The monoisotopic (exact) mass is 141 g/mol. The number of fused-ring (bicyclic) bond motifs is 1. The predicted molar refractivity (Wildman–Crippen MR) is 41.1 cm³/mol. The molecule has 0 saturated carbocycles. The smallest absolute Gasteiger partial charge is 0.0359 e. The van der Waals surface area contributed by atoms with Crippen molar-refractivity contribution in [3.05, 3.63) is 0 Å². The van der Waals surface area contributed by atoms with Gasteiger partial charge in [0.25, 0.3) is 0 Å². The molecule has 58 valence electrons. The zero-order valence-electron chi connectivity index (χ0n) is 6.19. The van der Waals surface area contributed by atoms with E-state index in [1.165, 1.54) is 13.0 Å². The molecule has 2 saturated heterocycles. The summed E-state index contributed by atoms with van der Waals surface area (Å²) in [6, 6.07) is 1.44. The highest BCUT2D eigenvalue weighted by molar-refractivity contribution is 4.95. The summed E-state index contributed by atoms with van der Waals surface area (Å²) in [7, 11) is 0. The Balaban J connectivity index is 1.83. The van der Waals surface area contributed by atoms with Crippen molar-refractivity contribution in [1.82, 2.24) is 16.0 Å². The summed E-state index contributed by atoms with van der Waals surface area (Å²) < 4.78 is 0. The molecule has 2 unspecified atom stereocenters. The molecule has 0 radical (unpaired) electrons. The molecule has 2 aliphatic rings. The molecule has 2 fully saturated rings. The maximum absolute atomic E-state index is 3.52. The Morgan fingerprint density at radius 2 is 1.80 bits per heavy atom. The van der Waals surface area contributed by atoms with Crippen LogP contribution in [0.1, 0.15) is 6.42 Å². The lowest BCUT2D eigenvalue weighted by molar-refractivity contribution is 0.240. The third-order valence-corrected chi connectivity index (χ3v) is 2.39. The van der Waals surface area contributed by atoms with Gasteiger partial charge in [0.05, 0.1) is 0 Å². The maximum atomic E-state index is 3.52. The minimum Gasteiger partial charge on any atom is -0.315 e. The molecule has 2 atom stereocenters. The molecule has 3 N–H and O–H groups in total. The summed E-state index contributed by atoms with van der Waals surface area (Å²) in [4.78, 5) is 0. The molecule has 0 aromatic rings. The molecule has 2 aliphatic heterocycles. The SMILES string of the molecule is C1CNCC2NCC2NC1. The second kappa shape index (κ2) is 2.86. The second-order valence-corrected chi connectivity index (χ2v) is 3.13. The van der Waals surface area contributed by atoms with Crippen LogP contribution < -0.4 is 16.0 Å². The average Bonchev–Trinajstić information content (AvgIpc) is 1.89. The molecule has 3 heteroatoms. The Bertz CT molecular complexity index is 101. The Labute approximate surface area is 61.6 Å². The quantitative estimate of drug-likeness (QED) is 0.401. The van der Waals surface area contributed by atoms with Gasteiger partial charge in [-0.25, -0.2) is 0 Å². The lowest BCUT2D eigenvalue weighted by atomic mass is 9.99. The second-order valence-electron chi connectivity index (χ2n) is 3.13. The van der Waals surface area contributed by atoms with Gasteiger partial charge in [0.1, 0.15) is 0 Å². The van der Waals surface area contributed by atoms with Crippen LogP contribution in [0.25, 0.3) is 0 Å². The van der Waals surface area contributed by atoms with Crippen molar-refractivity contribution in [3.8, 4) is 0 Å². The van der Waals surface area contributed by atoms with E-state index in [2.05, 4.69) is 16.0 Å². The first-order chi connectivity index (χ1) is 4.97. The number of hydrogen-bond acceptors (Lipinski definition) is 3. The van der Waals surface area contributed by atoms with Crippen molar-refractivity contribution < 1.29 is 0 Å². The van der Waals surface area contributed by atoms with Gasteiger partial charge in [-0.3, -0.25) is 0 Å². The van der Waals surface area contributed by atoms with Crippen LogP contribution in [0.5, 0.6) is 0 Å². The van der Waals surface area contributed by atoms with Crippen LogP contribution in [0, 0.1) is 0 Å². The fraction of sp³-hybridized carbons (Fsp3) is 1.00. The molecule has 0 aromatic carbocycles. The summed E-state index contributed by atoms with van der Waals surface area (Å²) in [6.07, 6.45) is 1.27. The lowest BCUT2D eigenvalue weighted by Crippen LogP contribution is -2.68. The van der Waals surface area contributed by atoms with Crippen LogP contribution in [-0.2, 0) is 0 Å². The molecular formula is C7H15N3. The van der Waals surface area contributed by atoms with Gasteiger partial charge in [-0.1, -0.05) is 0 Å². The van der Waals surface area contributed by atoms with Crippen molar-refractivity contribution in [1.29, 1.82) is 0 Å². The van der Waals surface area contributed by atoms with Crippen LogP contribution in [0.3, 0.4) is 0 Å². The van der Waals surface area contributed by atoms with E-state index in [0.29, 0.717) is 6.04 Å². The highest BCUT2D eigenvalue weighted by atomic mass is 15.2. The average molecular weight is 141 g/mol. The van der Waals surface area contributed by atoms with Crippen LogP contribution in [-0.4, -0.2) is 38.3 Å². The van der Waals surface area contributed by atoms with E-state index in [0.717, 1.165) is 25.7 Å². The predicted octanol–water partition coefficient (Wildman–Crippen LogP) is -1.09. The largest absolute Gasteiger partial charge is 0.315 e. The zero-order chi connectivity index (χ0) is 6.81. The Morgan fingerprint density at radius 1 is 0.900 bits per heavy atom. The number of nitrogens with one attached hydrogen (secondary N) is 3. The highest BCUT2D eigenvalue weighted by Crippen LogP contribution is 2.04. The van der Waals surface area contributed by atoms with E-state index in [1.807, 2.05) is 0 Å². The van der Waals surface area contributed by atoms with Crippen LogP contribution >= 0.6 is 0 Å². The first-order valence-electron chi connectivity index (χ1n) is 4.14. The van der Waals surface area contributed by atoms with Crippen LogP contribution in [0.4, 0.5) is 0 Å². The summed E-state index contributed by atoms with van der Waals surface area (Å²) in [5, 5.41) is 10.3. The highest BCUT2D eigenvalue weighted by Gasteiger charge is 2.29. The standard InChI is InChI=1S/C7H15N3/c1-2-8-4-6-7(5-10-6)9-3-1/h6-10H,1-5H2. The van der Waals surface area contributed by atoms with E-state index in [1.54, 1.807) is 0 Å². The van der Waals surface area contributed by atoms with E-state index >= 15 is 0 Å². The number of hydrogen-bond donors (Lipinski definition) is 3. The fourth-order valence-electron chi connectivity index (χ4n) is 1.59. The first-order valence-corrected chi connectivity index (χ1v) is 4.14. The molecule has 0 spiro atoms. The first kappa shape index (κ1) is 6.58. The Hall–Kier alpha value is -0.120. The molecule has 0 amide bonds. The normalized spacial score (nSPS) is 40.8. The van der Waals surface area contributed by atoms with Gasteiger partial charge in [0, 0.05) is 25.2 Å². The van der Waals surface area contributed by atoms with Crippen molar-refractivity contribution in [2.24, 2.45) is 0 Å². The molecule has 0 bridgehead atoms. The van der Waals surface area contributed by atoms with Gasteiger partial charge in [-0.2, -0.15) is 0 Å². The molecule has 2 rings (SSSR count). The summed E-state index contributed by atoms with van der Waals surface area (Å²) >= 11 is 0. The van der Waals surface area contributed by atoms with Crippen molar-refractivity contribution in [3.63, 3.8) is 0 Å². The Morgan fingerprint density at radius 3 is 2.60 bits per heavy atom. The van der Waals surface area contributed by atoms with E-state index in [4.69, 9.17) is 0 Å². The van der Waals surface area contributed by atoms with Gasteiger partial charge in [-0.05, 0) is 19.5 Å². The van der Waals surface area contributed by atoms with Crippen LogP contribution in [0.2, 0.25) is 0 Å². The molecule has 3 nitrogen and oxygen atoms in total. The zero-order valence-corrected chi connectivity index (χ0v) is 6.19. The van der Waals surface area contributed by atoms with Gasteiger partial charge >= 0.3 is 0 Å². The van der Waals surface area contributed by atoms with Crippen LogP contribution in [0.15, 0.2) is 0 Å². The van der Waals surface area contributed by atoms with Gasteiger partial charge in [-0.15, -0.1) is 0 Å². The molecule has 0 aromatic heterocycles. The summed E-state index contributed by atoms with van der Waals surface area (Å²) in [5.74, 6) is 0. The van der Waals surface area contributed by atoms with E-state index in [-0.39, 0.29) is 0 Å². The van der Waals surface area contributed by atoms with E-state index < -0.39 is 0 Å². The minimum atomic E-state index is 0.695. The topological polar surface area (TPSA) is 36.1 Å². The van der Waals surface area contributed by atoms with Crippen molar-refractivity contribution in [2.75, 3.05) is 26.2 Å². The Kier molecular flexibility index (Phi) is 1.88. The maximum Gasteiger partial charge on any atom is 0.0359 e. The third-order valence-electron chi connectivity index (χ3n) is 2.39. The molecule has 10 heavy (non-hydrogen) atoms. The minimum absolute atomic E-state index is 0.695. The number of rotatable bonds is 0. The third kappa shape index (κ3) is 1.17. The van der Waals surface area contributed by atoms with Crippen molar-refractivity contribution in [2.45, 2.75) is 18.5 Å². The fourth-order valence-corrected chi connectivity index (χ4v) is 1.59. The molecular weight excluding hydrogens is 126 g/mol. The van der Waals surface area contributed by atoms with Gasteiger partial charge < -0.3 is 16.0 Å². The van der Waals surface area contributed by atoms with Crippen molar-refractivity contribution >= 4 is 0 Å². The molecule has 2 heterocycles. The molecule has 0 aliphatic carbocycles. The lowest BCUT2D eigenvalue weighted by Gasteiger charge is -2.40. The summed E-state index contributed by atoms with van der Waals surface area (Å²) in [5.41, 5.74) is 0. The summed E-state index contributed by atoms with van der Waals surface area (Å²) in [6.45, 7) is 4.64. The van der Waals surface area contributed by atoms with Gasteiger partial charge in [0.2, 0.25) is 0 Å².